The SMILES string of the molecule is C=C([B]C(C)C)C(C)(C)CC. The monoisotopic (exact) mass is 151 g/mol. The lowest BCUT2D eigenvalue weighted by molar-refractivity contribution is 0.450. The van der Waals surface area contributed by atoms with Gasteiger partial charge in [0.15, 0.2) is 0 Å². The molecule has 0 bridgehead atoms. The van der Waals surface area contributed by atoms with E-state index >= 15 is 0 Å². The van der Waals surface area contributed by atoms with Crippen LogP contribution >= 0.6 is 0 Å². The molecule has 0 aromatic carbocycles. The van der Waals surface area contributed by atoms with Gasteiger partial charge in [-0.15, -0.1) is 12.1 Å². The summed E-state index contributed by atoms with van der Waals surface area (Å²) in [6, 6.07) is 0. The molecule has 0 nitrogen and oxygen atoms in total. The molecule has 0 amide bonds. The summed E-state index contributed by atoms with van der Waals surface area (Å²) in [6.07, 6.45) is 1.16. The first kappa shape index (κ1) is 10.8. The summed E-state index contributed by atoms with van der Waals surface area (Å²) in [4.78, 5) is 0. The largest absolute Gasteiger partial charge is 0.148 e. The van der Waals surface area contributed by atoms with Crippen LogP contribution in [-0.4, -0.2) is 7.28 Å². The van der Waals surface area contributed by atoms with Gasteiger partial charge in [0.05, 0.1) is 0 Å². The van der Waals surface area contributed by atoms with Crippen molar-refractivity contribution in [3.8, 4) is 0 Å². The van der Waals surface area contributed by atoms with Gasteiger partial charge in [-0.3, -0.25) is 0 Å². The molecule has 0 fully saturated rings. The Kier molecular flexibility index (Phi) is 3.92. The van der Waals surface area contributed by atoms with Gasteiger partial charge in [-0.25, -0.2) is 0 Å². The molecule has 0 aliphatic carbocycles. The highest BCUT2D eigenvalue weighted by Crippen LogP contribution is 2.29. The summed E-state index contributed by atoms with van der Waals surface area (Å²) in [5.41, 5.74) is 1.56. The molecular formula is C10H20B. The Morgan fingerprint density at radius 1 is 1.45 bits per heavy atom. The first-order chi connectivity index (χ1) is 4.90. The average Bonchev–Trinajstić information content (AvgIpc) is 1.86. The Morgan fingerprint density at radius 3 is 2.18 bits per heavy atom. The lowest BCUT2D eigenvalue weighted by atomic mass is 9.53. The second-order valence-electron chi connectivity index (χ2n) is 4.17. The molecule has 0 aromatic rings. The summed E-state index contributed by atoms with van der Waals surface area (Å²) < 4.78 is 0. The van der Waals surface area contributed by atoms with E-state index in [1.807, 2.05) is 0 Å². The first-order valence-electron chi connectivity index (χ1n) is 4.44. The van der Waals surface area contributed by atoms with Crippen molar-refractivity contribution in [1.29, 1.82) is 0 Å². The van der Waals surface area contributed by atoms with Crippen LogP contribution in [0.15, 0.2) is 12.1 Å². The van der Waals surface area contributed by atoms with Crippen LogP contribution in [0.3, 0.4) is 0 Å². The zero-order valence-electron chi connectivity index (χ0n) is 8.57. The van der Waals surface area contributed by atoms with Gasteiger partial charge in [-0.2, -0.15) is 0 Å². The van der Waals surface area contributed by atoms with Crippen molar-refractivity contribution in [1.82, 2.24) is 0 Å². The van der Waals surface area contributed by atoms with Gasteiger partial charge in [0.1, 0.15) is 7.28 Å². The van der Waals surface area contributed by atoms with E-state index in [1.165, 1.54) is 5.47 Å². The maximum Gasteiger partial charge on any atom is 0.148 e. The summed E-state index contributed by atoms with van der Waals surface area (Å²) in [6.45, 7) is 15.2. The maximum atomic E-state index is 4.08. The molecule has 0 spiro atoms. The molecule has 0 N–H and O–H groups in total. The van der Waals surface area contributed by atoms with E-state index in [-0.39, 0.29) is 5.41 Å². The zero-order chi connectivity index (χ0) is 9.07. The Hall–Kier alpha value is -0.195. The van der Waals surface area contributed by atoms with Crippen LogP contribution in [0.2, 0.25) is 5.82 Å². The first-order valence-corrected chi connectivity index (χ1v) is 4.44. The number of hydrogen-bond acceptors (Lipinski definition) is 0. The minimum atomic E-state index is 0.282. The molecule has 63 valence electrons. The lowest BCUT2D eigenvalue weighted by Crippen LogP contribution is -2.18. The van der Waals surface area contributed by atoms with E-state index in [4.69, 9.17) is 0 Å². The van der Waals surface area contributed by atoms with E-state index in [1.54, 1.807) is 0 Å². The quantitative estimate of drug-likeness (QED) is 0.539. The summed E-state index contributed by atoms with van der Waals surface area (Å²) >= 11 is 0. The third-order valence-electron chi connectivity index (χ3n) is 2.29. The third-order valence-corrected chi connectivity index (χ3v) is 2.29. The molecule has 0 aromatic heterocycles. The molecule has 0 heterocycles. The van der Waals surface area contributed by atoms with Crippen LogP contribution in [0.5, 0.6) is 0 Å². The van der Waals surface area contributed by atoms with Crippen molar-refractivity contribution in [2.45, 2.75) is 46.9 Å². The van der Waals surface area contributed by atoms with Crippen molar-refractivity contribution in [2.24, 2.45) is 5.41 Å². The number of allylic oxidation sites excluding steroid dienone is 1. The molecule has 1 radical (unpaired) electrons. The van der Waals surface area contributed by atoms with Crippen LogP contribution < -0.4 is 0 Å². The van der Waals surface area contributed by atoms with E-state index in [0.29, 0.717) is 5.82 Å². The highest BCUT2D eigenvalue weighted by Gasteiger charge is 2.19. The molecule has 0 aliphatic heterocycles. The molecule has 0 saturated heterocycles. The average molecular weight is 151 g/mol. The number of hydrogen-bond donors (Lipinski definition) is 0. The molecular weight excluding hydrogens is 131 g/mol. The number of rotatable bonds is 4. The Morgan fingerprint density at radius 2 is 1.91 bits per heavy atom. The predicted octanol–water partition coefficient (Wildman–Crippen LogP) is 3.47. The van der Waals surface area contributed by atoms with Crippen LogP contribution in [0, 0.1) is 5.41 Å². The van der Waals surface area contributed by atoms with Crippen LogP contribution in [-0.2, 0) is 0 Å². The molecule has 0 saturated carbocycles. The van der Waals surface area contributed by atoms with E-state index in [2.05, 4.69) is 48.5 Å². The lowest BCUT2D eigenvalue weighted by Gasteiger charge is -2.26. The highest BCUT2D eigenvalue weighted by atomic mass is 14.2. The van der Waals surface area contributed by atoms with Gasteiger partial charge in [-0.05, 0) is 11.8 Å². The Balaban J connectivity index is 4.02. The molecule has 0 unspecified atom stereocenters. The van der Waals surface area contributed by atoms with Crippen molar-refractivity contribution in [3.05, 3.63) is 12.1 Å². The summed E-state index contributed by atoms with van der Waals surface area (Å²) in [5.74, 6) is 0.619. The summed E-state index contributed by atoms with van der Waals surface area (Å²) in [7, 11) is 2.25. The fraction of sp³-hybridized carbons (Fsp3) is 0.800. The molecule has 11 heavy (non-hydrogen) atoms. The Bertz CT molecular complexity index is 134. The maximum absolute atomic E-state index is 4.08. The van der Waals surface area contributed by atoms with Crippen LogP contribution in [0.1, 0.15) is 41.0 Å². The standard InChI is InChI=1S/C10H20B/c1-7-10(5,6)9(4)11-8(2)3/h8H,4,7H2,1-3,5-6H3. The van der Waals surface area contributed by atoms with Crippen LogP contribution in [0.4, 0.5) is 0 Å². The topological polar surface area (TPSA) is 0 Å². The second kappa shape index (κ2) is 3.99. The minimum absolute atomic E-state index is 0.282. The molecule has 0 atom stereocenters. The third kappa shape index (κ3) is 3.64. The van der Waals surface area contributed by atoms with Crippen molar-refractivity contribution < 1.29 is 0 Å². The van der Waals surface area contributed by atoms with Gasteiger partial charge in [-0.1, -0.05) is 40.4 Å². The second-order valence-corrected chi connectivity index (χ2v) is 4.17. The van der Waals surface area contributed by atoms with Crippen LogP contribution in [0.25, 0.3) is 0 Å². The van der Waals surface area contributed by atoms with E-state index in [9.17, 15) is 0 Å². The summed E-state index contributed by atoms with van der Waals surface area (Å²) in [5, 5.41) is 0. The van der Waals surface area contributed by atoms with Gasteiger partial charge in [0.2, 0.25) is 0 Å². The fourth-order valence-electron chi connectivity index (χ4n) is 0.855. The smallest absolute Gasteiger partial charge is 0.110 e. The highest BCUT2D eigenvalue weighted by molar-refractivity contribution is 6.47. The van der Waals surface area contributed by atoms with Gasteiger partial charge >= 0.3 is 0 Å². The van der Waals surface area contributed by atoms with E-state index < -0.39 is 0 Å². The fourth-order valence-corrected chi connectivity index (χ4v) is 0.855. The molecule has 1 heteroatoms. The van der Waals surface area contributed by atoms with Gasteiger partial charge < -0.3 is 0 Å². The van der Waals surface area contributed by atoms with E-state index in [0.717, 1.165) is 6.42 Å². The normalized spacial score (nSPS) is 11.8. The van der Waals surface area contributed by atoms with Gasteiger partial charge in [0.25, 0.3) is 0 Å². The van der Waals surface area contributed by atoms with Crippen molar-refractivity contribution in [2.75, 3.05) is 0 Å². The molecule has 0 rings (SSSR count). The molecule has 0 aliphatic rings. The predicted molar refractivity (Wildman–Crippen MR) is 54.1 cm³/mol. The Labute approximate surface area is 72.3 Å². The van der Waals surface area contributed by atoms with Crippen molar-refractivity contribution in [3.63, 3.8) is 0 Å². The zero-order valence-corrected chi connectivity index (χ0v) is 8.57. The van der Waals surface area contributed by atoms with Gasteiger partial charge in [0, 0.05) is 0 Å². The minimum Gasteiger partial charge on any atom is -0.110 e. The van der Waals surface area contributed by atoms with Crippen molar-refractivity contribution >= 4 is 7.28 Å².